The first-order valence-electron chi connectivity index (χ1n) is 5.80. The lowest BCUT2D eigenvalue weighted by Gasteiger charge is -2.10. The average molecular weight is 236 g/mol. The molecular weight excluding hydrogens is 223 g/mol. The zero-order chi connectivity index (χ0) is 12.8. The molecule has 0 N–H and O–H groups in total. The second kappa shape index (κ2) is 6.06. The van der Waals surface area contributed by atoms with E-state index in [1.54, 1.807) is 18.2 Å². The number of Topliss-reactive ketones (excluding diaryl/α,β-unsaturated/α-hetero) is 1. The van der Waals surface area contributed by atoms with Gasteiger partial charge in [0.25, 0.3) is 0 Å². The summed E-state index contributed by atoms with van der Waals surface area (Å²) < 4.78 is 5.67. The summed E-state index contributed by atoms with van der Waals surface area (Å²) in [6, 6.07) is 17.0. The van der Waals surface area contributed by atoms with Crippen molar-refractivity contribution in [3.05, 3.63) is 65.7 Å². The van der Waals surface area contributed by atoms with E-state index < -0.39 is 0 Å². The number of ketones is 1. The van der Waals surface area contributed by atoms with Crippen LogP contribution < -0.4 is 4.74 Å². The molecule has 2 radical (unpaired) electrons. The van der Waals surface area contributed by atoms with Crippen molar-refractivity contribution in [3.8, 4) is 5.75 Å². The fourth-order valence-electron chi connectivity index (χ4n) is 1.67. The van der Waals surface area contributed by atoms with E-state index in [9.17, 15) is 4.79 Å². The summed E-state index contributed by atoms with van der Waals surface area (Å²) in [5, 5.41) is 0. The van der Waals surface area contributed by atoms with Crippen molar-refractivity contribution >= 4 is 13.6 Å². The highest BCUT2D eigenvalue weighted by Gasteiger charge is 2.09. The Labute approximate surface area is 108 Å². The van der Waals surface area contributed by atoms with Gasteiger partial charge >= 0.3 is 0 Å². The third kappa shape index (κ3) is 3.01. The van der Waals surface area contributed by atoms with Crippen LogP contribution in [0.1, 0.15) is 15.9 Å². The van der Waals surface area contributed by atoms with Crippen molar-refractivity contribution in [2.24, 2.45) is 0 Å². The van der Waals surface area contributed by atoms with E-state index in [2.05, 4.69) is 0 Å². The Hall–Kier alpha value is -2.03. The molecule has 0 aliphatic rings. The Morgan fingerprint density at radius 3 is 2.39 bits per heavy atom. The van der Waals surface area contributed by atoms with Gasteiger partial charge in [-0.1, -0.05) is 42.5 Å². The third-order valence-electron chi connectivity index (χ3n) is 2.61. The van der Waals surface area contributed by atoms with Gasteiger partial charge in [-0.3, -0.25) is 4.79 Å². The van der Waals surface area contributed by atoms with Gasteiger partial charge in [-0.2, -0.15) is 0 Å². The van der Waals surface area contributed by atoms with E-state index in [-0.39, 0.29) is 12.1 Å². The normalized spacial score (nSPS) is 10.0. The molecule has 0 amide bonds. The zero-order valence-corrected chi connectivity index (χ0v) is 10.0. The van der Waals surface area contributed by atoms with Crippen LogP contribution in [0.4, 0.5) is 0 Å². The van der Waals surface area contributed by atoms with Crippen molar-refractivity contribution < 1.29 is 9.53 Å². The highest BCUT2D eigenvalue weighted by atomic mass is 16.5. The minimum atomic E-state index is -0.112. The zero-order valence-electron chi connectivity index (χ0n) is 10.0. The topological polar surface area (TPSA) is 26.3 Å². The van der Waals surface area contributed by atoms with E-state index in [0.29, 0.717) is 17.9 Å². The number of hydrogen-bond acceptors (Lipinski definition) is 2. The highest BCUT2D eigenvalue weighted by Crippen LogP contribution is 2.20. The van der Waals surface area contributed by atoms with Crippen LogP contribution in [0, 0.1) is 0 Å². The quantitative estimate of drug-likeness (QED) is 0.589. The average Bonchev–Trinajstić information content (AvgIpc) is 2.45. The van der Waals surface area contributed by atoms with Gasteiger partial charge in [0.2, 0.25) is 0 Å². The maximum absolute atomic E-state index is 11.6. The number of hydrogen-bond donors (Lipinski definition) is 0. The summed E-state index contributed by atoms with van der Waals surface area (Å²) in [5.74, 6) is 0.468. The lowest BCUT2D eigenvalue weighted by molar-refractivity contribution is 0.101. The molecule has 0 saturated carbocycles. The highest BCUT2D eigenvalue weighted by molar-refractivity contribution is 6.24. The maximum Gasteiger partial charge on any atom is 0.158 e. The molecule has 0 aromatic heterocycles. The molecule has 0 fully saturated rings. The van der Waals surface area contributed by atoms with Gasteiger partial charge in [0.15, 0.2) is 5.78 Å². The summed E-state index contributed by atoms with van der Waals surface area (Å²) >= 11 is 0. The van der Waals surface area contributed by atoms with Gasteiger partial charge in [0.1, 0.15) is 12.4 Å². The van der Waals surface area contributed by atoms with Gasteiger partial charge in [-0.25, -0.2) is 0 Å². The molecule has 0 unspecified atom stereocenters. The Bertz CT molecular complexity index is 523. The fraction of sp³-hybridized carbons (Fsp3) is 0.133. The van der Waals surface area contributed by atoms with Gasteiger partial charge in [-0.05, 0) is 24.0 Å². The molecule has 0 saturated heterocycles. The first-order chi connectivity index (χ1) is 8.81. The summed E-state index contributed by atoms with van der Waals surface area (Å²) in [6.07, 6.45) is -0.00822. The molecule has 0 heterocycles. The molecule has 18 heavy (non-hydrogen) atoms. The van der Waals surface area contributed by atoms with Crippen LogP contribution in [-0.2, 0) is 6.61 Å². The number of rotatable bonds is 5. The van der Waals surface area contributed by atoms with Crippen molar-refractivity contribution in [1.82, 2.24) is 0 Å². The molecular formula is C15H13BO2. The SMILES string of the molecule is [B]CC(=O)c1ccccc1OCc1ccccc1. The van der Waals surface area contributed by atoms with Crippen LogP contribution in [0.2, 0.25) is 6.32 Å². The van der Waals surface area contributed by atoms with Crippen molar-refractivity contribution in [1.29, 1.82) is 0 Å². The maximum atomic E-state index is 11.6. The molecule has 0 aliphatic heterocycles. The van der Waals surface area contributed by atoms with Crippen LogP contribution in [0.3, 0.4) is 0 Å². The summed E-state index contributed by atoms with van der Waals surface area (Å²) in [6.45, 7) is 0.440. The predicted octanol–water partition coefficient (Wildman–Crippen LogP) is 3.04. The van der Waals surface area contributed by atoms with E-state index in [4.69, 9.17) is 12.6 Å². The van der Waals surface area contributed by atoms with Crippen molar-refractivity contribution in [2.45, 2.75) is 12.9 Å². The van der Waals surface area contributed by atoms with Crippen LogP contribution >= 0.6 is 0 Å². The molecule has 0 aliphatic carbocycles. The molecule has 2 nitrogen and oxygen atoms in total. The smallest absolute Gasteiger partial charge is 0.158 e. The molecule has 88 valence electrons. The monoisotopic (exact) mass is 236 g/mol. The van der Waals surface area contributed by atoms with E-state index >= 15 is 0 Å². The van der Waals surface area contributed by atoms with Crippen molar-refractivity contribution in [3.63, 3.8) is 0 Å². The summed E-state index contributed by atoms with van der Waals surface area (Å²) in [4.78, 5) is 11.6. The molecule has 0 spiro atoms. The van der Waals surface area contributed by atoms with E-state index in [1.165, 1.54) is 0 Å². The van der Waals surface area contributed by atoms with E-state index in [1.807, 2.05) is 36.4 Å². The first kappa shape index (κ1) is 12.4. The molecule has 0 atom stereocenters. The van der Waals surface area contributed by atoms with E-state index in [0.717, 1.165) is 5.56 Å². The number of carbonyl (C=O) groups excluding carboxylic acids is 1. The fourth-order valence-corrected chi connectivity index (χ4v) is 1.67. The molecule has 3 heteroatoms. The Balaban J connectivity index is 2.12. The number of para-hydroxylation sites is 1. The second-order valence-corrected chi connectivity index (χ2v) is 3.90. The van der Waals surface area contributed by atoms with Gasteiger partial charge in [-0.15, -0.1) is 0 Å². The number of ether oxygens (including phenoxy) is 1. The molecule has 2 rings (SSSR count). The standard InChI is InChI=1S/C15H13BO2/c16-10-14(17)13-8-4-5-9-15(13)18-11-12-6-2-1-3-7-12/h1-9H,10-11H2. The summed E-state index contributed by atoms with van der Waals surface area (Å²) in [5.41, 5.74) is 1.60. The molecule has 2 aromatic rings. The van der Waals surface area contributed by atoms with Gasteiger partial charge < -0.3 is 4.74 Å². The second-order valence-electron chi connectivity index (χ2n) is 3.90. The van der Waals surface area contributed by atoms with Crippen LogP contribution in [0.25, 0.3) is 0 Å². The number of benzene rings is 2. The van der Waals surface area contributed by atoms with Crippen LogP contribution in [0.5, 0.6) is 5.75 Å². The molecule has 2 aromatic carbocycles. The van der Waals surface area contributed by atoms with Gasteiger partial charge in [0, 0.05) is 0 Å². The predicted molar refractivity (Wildman–Crippen MR) is 72.1 cm³/mol. The van der Waals surface area contributed by atoms with Gasteiger partial charge in [0.05, 0.1) is 13.4 Å². The third-order valence-corrected chi connectivity index (χ3v) is 2.61. The lowest BCUT2D eigenvalue weighted by Crippen LogP contribution is -2.03. The van der Waals surface area contributed by atoms with Crippen molar-refractivity contribution in [2.75, 3.05) is 0 Å². The minimum absolute atomic E-state index is 0.00822. The lowest BCUT2D eigenvalue weighted by atomic mass is 9.95. The largest absolute Gasteiger partial charge is 0.488 e. The summed E-state index contributed by atoms with van der Waals surface area (Å²) in [7, 11) is 5.38. The number of carbonyl (C=O) groups is 1. The van der Waals surface area contributed by atoms with Crippen LogP contribution in [0.15, 0.2) is 54.6 Å². The first-order valence-corrected chi connectivity index (χ1v) is 5.80. The van der Waals surface area contributed by atoms with Crippen LogP contribution in [-0.4, -0.2) is 13.6 Å². The Morgan fingerprint density at radius 2 is 1.67 bits per heavy atom. The molecule has 0 bridgehead atoms. The minimum Gasteiger partial charge on any atom is -0.488 e. The Kier molecular flexibility index (Phi) is 4.18. The Morgan fingerprint density at radius 1 is 1.00 bits per heavy atom.